The lowest BCUT2D eigenvalue weighted by molar-refractivity contribution is 0.0614. The minimum Gasteiger partial charge on any atom is -0.497 e. The SMILES string of the molecule is CCCCCC/C(=C/I)OC(=O)c1ccc(OC)cc1. The highest BCUT2D eigenvalue weighted by molar-refractivity contribution is 14.1. The second-order valence-corrected chi connectivity index (χ2v) is 5.13. The molecule has 0 aliphatic rings. The highest BCUT2D eigenvalue weighted by atomic mass is 127. The van der Waals surface area contributed by atoms with Crippen molar-refractivity contribution in [1.29, 1.82) is 0 Å². The summed E-state index contributed by atoms with van der Waals surface area (Å²) in [6.45, 7) is 2.18. The predicted octanol–water partition coefficient (Wildman–Crippen LogP) is 5.10. The number of carbonyl (C=O) groups is 1. The Kier molecular flexibility index (Phi) is 8.34. The van der Waals surface area contributed by atoms with Crippen LogP contribution in [0.3, 0.4) is 0 Å². The summed E-state index contributed by atoms with van der Waals surface area (Å²) in [4.78, 5) is 12.0. The largest absolute Gasteiger partial charge is 0.497 e. The van der Waals surface area contributed by atoms with E-state index < -0.39 is 0 Å². The van der Waals surface area contributed by atoms with Crippen LogP contribution in [-0.2, 0) is 4.74 Å². The van der Waals surface area contributed by atoms with Gasteiger partial charge in [-0.05, 0) is 53.3 Å². The summed E-state index contributed by atoms with van der Waals surface area (Å²) >= 11 is 2.12. The molecule has 0 aliphatic heterocycles. The van der Waals surface area contributed by atoms with E-state index >= 15 is 0 Å². The van der Waals surface area contributed by atoms with E-state index in [1.807, 2.05) is 4.08 Å². The fourth-order valence-electron chi connectivity index (χ4n) is 1.76. The Morgan fingerprint density at radius 2 is 1.90 bits per heavy atom. The summed E-state index contributed by atoms with van der Waals surface area (Å²) in [7, 11) is 1.60. The van der Waals surface area contributed by atoms with Crippen molar-refractivity contribution in [1.82, 2.24) is 0 Å². The molecule has 0 aliphatic carbocycles. The van der Waals surface area contributed by atoms with Gasteiger partial charge in [-0.2, -0.15) is 0 Å². The van der Waals surface area contributed by atoms with Gasteiger partial charge in [0.05, 0.1) is 12.7 Å². The van der Waals surface area contributed by atoms with Crippen molar-refractivity contribution >= 4 is 28.6 Å². The third kappa shape index (κ3) is 5.94. The van der Waals surface area contributed by atoms with Crippen LogP contribution in [0.4, 0.5) is 0 Å². The Hall–Kier alpha value is -1.04. The van der Waals surface area contributed by atoms with Crippen molar-refractivity contribution in [2.75, 3.05) is 7.11 Å². The Morgan fingerprint density at radius 3 is 2.45 bits per heavy atom. The van der Waals surface area contributed by atoms with Crippen LogP contribution in [-0.4, -0.2) is 13.1 Å². The molecule has 0 radical (unpaired) electrons. The average Bonchev–Trinajstić information content (AvgIpc) is 2.50. The minimum atomic E-state index is -0.314. The Bertz CT molecular complexity index is 438. The van der Waals surface area contributed by atoms with Crippen molar-refractivity contribution in [3.05, 3.63) is 39.7 Å². The molecule has 4 heteroatoms. The van der Waals surface area contributed by atoms with Gasteiger partial charge < -0.3 is 9.47 Å². The number of hydrogen-bond acceptors (Lipinski definition) is 3. The van der Waals surface area contributed by atoms with Crippen LogP contribution >= 0.6 is 22.6 Å². The maximum Gasteiger partial charge on any atom is 0.343 e. The van der Waals surface area contributed by atoms with E-state index in [2.05, 4.69) is 29.5 Å². The van der Waals surface area contributed by atoms with Crippen molar-refractivity contribution in [3.63, 3.8) is 0 Å². The van der Waals surface area contributed by atoms with Gasteiger partial charge in [-0.15, -0.1) is 0 Å². The van der Waals surface area contributed by atoms with Crippen molar-refractivity contribution in [2.45, 2.75) is 39.0 Å². The van der Waals surface area contributed by atoms with Gasteiger partial charge in [-0.1, -0.05) is 26.2 Å². The molecule has 0 unspecified atom stereocenters. The topological polar surface area (TPSA) is 35.5 Å². The molecule has 0 atom stereocenters. The Labute approximate surface area is 134 Å². The fourth-order valence-corrected chi connectivity index (χ4v) is 2.20. The second-order valence-electron chi connectivity index (χ2n) is 4.50. The van der Waals surface area contributed by atoms with Crippen molar-refractivity contribution in [2.24, 2.45) is 0 Å². The van der Waals surface area contributed by atoms with Crippen molar-refractivity contribution in [3.8, 4) is 5.75 Å². The van der Waals surface area contributed by atoms with E-state index in [9.17, 15) is 4.79 Å². The van der Waals surface area contributed by atoms with Crippen LogP contribution in [0, 0.1) is 0 Å². The number of allylic oxidation sites excluding steroid dienone is 1. The van der Waals surface area contributed by atoms with Gasteiger partial charge in [-0.3, -0.25) is 0 Å². The van der Waals surface area contributed by atoms with Crippen LogP contribution in [0.15, 0.2) is 34.1 Å². The van der Waals surface area contributed by atoms with Crippen LogP contribution in [0.25, 0.3) is 0 Å². The second kappa shape index (κ2) is 9.80. The third-order valence-corrected chi connectivity index (χ3v) is 3.64. The number of halogens is 1. The number of unbranched alkanes of at least 4 members (excludes halogenated alkanes) is 3. The van der Waals surface area contributed by atoms with Crippen LogP contribution in [0.2, 0.25) is 0 Å². The first-order valence-corrected chi connectivity index (χ1v) is 8.11. The molecular weight excluding hydrogens is 367 g/mol. The number of carbonyl (C=O) groups excluding carboxylic acids is 1. The summed E-state index contributed by atoms with van der Waals surface area (Å²) in [6, 6.07) is 6.93. The van der Waals surface area contributed by atoms with Gasteiger partial charge in [0.15, 0.2) is 0 Å². The number of esters is 1. The average molecular weight is 388 g/mol. The van der Waals surface area contributed by atoms with E-state index in [0.29, 0.717) is 5.56 Å². The standard InChI is InChI=1S/C16H21IO3/c1-3-4-5-6-7-15(12-17)20-16(18)13-8-10-14(19-2)11-9-13/h8-12H,3-7H2,1-2H3/b15-12-. The van der Waals surface area contributed by atoms with Crippen LogP contribution < -0.4 is 4.74 Å². The molecular formula is C16H21IO3. The number of methoxy groups -OCH3 is 1. The zero-order chi connectivity index (χ0) is 14.8. The molecule has 1 aromatic rings. The van der Waals surface area contributed by atoms with E-state index in [-0.39, 0.29) is 5.97 Å². The molecule has 0 N–H and O–H groups in total. The zero-order valence-corrected chi connectivity index (χ0v) is 14.2. The van der Waals surface area contributed by atoms with E-state index in [1.165, 1.54) is 19.3 Å². The summed E-state index contributed by atoms with van der Waals surface area (Å²) in [5.41, 5.74) is 0.537. The predicted molar refractivity (Wildman–Crippen MR) is 89.3 cm³/mol. The summed E-state index contributed by atoms with van der Waals surface area (Å²) in [5, 5.41) is 0. The fraction of sp³-hybridized carbons (Fsp3) is 0.438. The molecule has 1 rings (SSSR count). The molecule has 0 saturated heterocycles. The summed E-state index contributed by atoms with van der Waals surface area (Å²) in [6.07, 6.45) is 5.46. The maximum absolute atomic E-state index is 12.0. The molecule has 0 amide bonds. The van der Waals surface area contributed by atoms with E-state index in [1.54, 1.807) is 31.4 Å². The number of benzene rings is 1. The lowest BCUT2D eigenvalue weighted by Gasteiger charge is -2.08. The van der Waals surface area contributed by atoms with Gasteiger partial charge in [0.25, 0.3) is 0 Å². The number of rotatable bonds is 8. The number of hydrogen-bond donors (Lipinski definition) is 0. The monoisotopic (exact) mass is 388 g/mol. The quantitative estimate of drug-likeness (QED) is 0.269. The van der Waals surface area contributed by atoms with Gasteiger partial charge in [-0.25, -0.2) is 4.79 Å². The normalized spacial score (nSPS) is 11.2. The van der Waals surface area contributed by atoms with Gasteiger partial charge >= 0.3 is 5.97 Å². The maximum atomic E-state index is 12.0. The summed E-state index contributed by atoms with van der Waals surface area (Å²) in [5.74, 6) is 1.15. The van der Waals surface area contributed by atoms with Crippen LogP contribution in [0.5, 0.6) is 5.75 Å². The molecule has 110 valence electrons. The van der Waals surface area contributed by atoms with Crippen LogP contribution in [0.1, 0.15) is 49.4 Å². The lowest BCUT2D eigenvalue weighted by Crippen LogP contribution is -2.05. The first-order chi connectivity index (χ1) is 9.71. The lowest BCUT2D eigenvalue weighted by atomic mass is 10.1. The van der Waals surface area contributed by atoms with Gasteiger partial charge in [0.2, 0.25) is 0 Å². The molecule has 20 heavy (non-hydrogen) atoms. The molecule has 0 aromatic heterocycles. The molecule has 0 fully saturated rings. The molecule has 3 nitrogen and oxygen atoms in total. The zero-order valence-electron chi connectivity index (χ0n) is 12.0. The molecule has 0 heterocycles. The van der Waals surface area contributed by atoms with Gasteiger partial charge in [0, 0.05) is 10.5 Å². The van der Waals surface area contributed by atoms with E-state index in [4.69, 9.17) is 9.47 Å². The highest BCUT2D eigenvalue weighted by Crippen LogP contribution is 2.17. The Morgan fingerprint density at radius 1 is 1.20 bits per heavy atom. The first-order valence-electron chi connectivity index (χ1n) is 6.86. The highest BCUT2D eigenvalue weighted by Gasteiger charge is 2.10. The Balaban J connectivity index is 2.49. The third-order valence-electron chi connectivity index (χ3n) is 2.95. The molecule has 1 aromatic carbocycles. The molecule has 0 bridgehead atoms. The van der Waals surface area contributed by atoms with Gasteiger partial charge in [0.1, 0.15) is 11.5 Å². The first kappa shape index (κ1) is 17.0. The van der Waals surface area contributed by atoms with E-state index in [0.717, 1.165) is 24.4 Å². The van der Waals surface area contributed by atoms with Crippen molar-refractivity contribution < 1.29 is 14.3 Å². The molecule has 0 saturated carbocycles. The smallest absolute Gasteiger partial charge is 0.343 e. The summed E-state index contributed by atoms with van der Waals surface area (Å²) < 4.78 is 12.3. The minimum absolute atomic E-state index is 0.314. The molecule has 0 spiro atoms. The number of ether oxygens (including phenoxy) is 2.